The molecule has 1 N–H and O–H groups in total. The van der Waals surface area contributed by atoms with Crippen molar-refractivity contribution in [2.75, 3.05) is 26.7 Å². The van der Waals surface area contributed by atoms with Gasteiger partial charge in [0.2, 0.25) is 0 Å². The molecule has 7 nitrogen and oxygen atoms in total. The average Bonchev–Trinajstić information content (AvgIpc) is 3.44. The second-order valence-corrected chi connectivity index (χ2v) is 10.6. The molecule has 3 rings (SSSR count). The number of methoxy groups -OCH3 is 1. The van der Waals surface area contributed by atoms with E-state index in [0.29, 0.717) is 6.54 Å². The molecule has 0 radical (unpaired) electrons. The molecule has 8 heteroatoms. The normalized spacial score (nSPS) is 16.5. The Morgan fingerprint density at radius 1 is 1.21 bits per heavy atom. The molecule has 0 bridgehead atoms. The molecule has 1 aliphatic heterocycles. The summed E-state index contributed by atoms with van der Waals surface area (Å²) in [5.41, 5.74) is 1.89. The molecule has 1 aliphatic rings. The molecule has 1 amide bonds. The van der Waals surface area contributed by atoms with Crippen LogP contribution in [0.5, 0.6) is 0 Å². The fraction of sp³-hybridized carbons (Fsp3) is 0.560. The number of esters is 1. The van der Waals surface area contributed by atoms with E-state index in [-0.39, 0.29) is 11.9 Å². The average molecular weight is 474 g/mol. The fourth-order valence-electron chi connectivity index (χ4n) is 3.87. The lowest BCUT2D eigenvalue weighted by atomic mass is 10.1. The van der Waals surface area contributed by atoms with E-state index in [4.69, 9.17) is 9.47 Å². The summed E-state index contributed by atoms with van der Waals surface area (Å²) in [4.78, 5) is 31.3. The number of nitrogens with zero attached hydrogens (tertiary/aromatic N) is 2. The van der Waals surface area contributed by atoms with E-state index in [0.717, 1.165) is 60.8 Å². The number of aryl methyl sites for hydroxylation is 1. The van der Waals surface area contributed by atoms with Gasteiger partial charge in [-0.1, -0.05) is 24.3 Å². The van der Waals surface area contributed by atoms with Gasteiger partial charge in [0.25, 0.3) is 0 Å². The third kappa shape index (κ3) is 8.12. The quantitative estimate of drug-likeness (QED) is 0.422. The zero-order chi connectivity index (χ0) is 23.8. The molecule has 2 heterocycles. The first-order valence-corrected chi connectivity index (χ1v) is 12.4. The summed E-state index contributed by atoms with van der Waals surface area (Å²) in [7, 11) is 1.47. The van der Waals surface area contributed by atoms with Crippen molar-refractivity contribution < 1.29 is 19.1 Å². The zero-order valence-electron chi connectivity index (χ0n) is 20.1. The summed E-state index contributed by atoms with van der Waals surface area (Å²) in [6, 6.07) is 8.55. The van der Waals surface area contributed by atoms with Crippen molar-refractivity contribution in [3.8, 4) is 10.6 Å². The number of carbonyl (C=O) groups excluding carboxylic acids is 2. The van der Waals surface area contributed by atoms with Gasteiger partial charge in [-0.15, -0.1) is 11.3 Å². The van der Waals surface area contributed by atoms with E-state index in [1.54, 1.807) is 17.5 Å². The Morgan fingerprint density at radius 3 is 2.67 bits per heavy atom. The number of rotatable bonds is 9. The number of amides is 1. The molecule has 1 fully saturated rings. The van der Waals surface area contributed by atoms with Crippen molar-refractivity contribution in [3.05, 3.63) is 40.9 Å². The monoisotopic (exact) mass is 473 g/mol. The lowest BCUT2D eigenvalue weighted by Crippen LogP contribution is -2.31. The number of benzene rings is 1. The van der Waals surface area contributed by atoms with E-state index in [9.17, 15) is 9.59 Å². The number of carbonyl (C=O) groups is 2. The Morgan fingerprint density at radius 2 is 1.97 bits per heavy atom. The van der Waals surface area contributed by atoms with Gasteiger partial charge in [-0.05, 0) is 65.1 Å². The van der Waals surface area contributed by atoms with Crippen molar-refractivity contribution in [2.24, 2.45) is 5.92 Å². The van der Waals surface area contributed by atoms with Crippen LogP contribution in [0.25, 0.3) is 10.6 Å². The molecule has 2 aromatic rings. The lowest BCUT2D eigenvalue weighted by molar-refractivity contribution is -0.144. The maximum atomic E-state index is 11.8. The van der Waals surface area contributed by atoms with Crippen LogP contribution >= 0.6 is 11.3 Å². The van der Waals surface area contributed by atoms with Crippen molar-refractivity contribution >= 4 is 23.4 Å². The molecule has 1 unspecified atom stereocenters. The third-order valence-electron chi connectivity index (χ3n) is 5.56. The second kappa shape index (κ2) is 11.6. The van der Waals surface area contributed by atoms with Crippen LogP contribution in [0.2, 0.25) is 0 Å². The minimum atomic E-state index is -0.508. The number of alkyl carbamates (subject to hydrolysis) is 1. The third-order valence-corrected chi connectivity index (χ3v) is 6.60. The van der Waals surface area contributed by atoms with E-state index in [1.165, 1.54) is 12.7 Å². The Bertz CT molecular complexity index is 920. The molecule has 180 valence electrons. The van der Waals surface area contributed by atoms with Crippen LogP contribution in [-0.2, 0) is 27.2 Å². The SMILES string of the molecule is COC(=O)C1CCN(CCCCc2ccc(-c3ncc(CNC(=O)OC(C)(C)C)s3)cc2)C1. The minimum Gasteiger partial charge on any atom is -0.469 e. The van der Waals surface area contributed by atoms with Crippen LogP contribution in [-0.4, -0.2) is 54.3 Å². The van der Waals surface area contributed by atoms with Crippen molar-refractivity contribution in [2.45, 2.75) is 58.6 Å². The summed E-state index contributed by atoms with van der Waals surface area (Å²) >= 11 is 1.57. The molecule has 0 aliphatic carbocycles. The topological polar surface area (TPSA) is 80.8 Å². The predicted octanol–water partition coefficient (Wildman–Crippen LogP) is 4.65. The first-order chi connectivity index (χ1) is 15.7. The number of likely N-dealkylation sites (tertiary alicyclic amines) is 1. The van der Waals surface area contributed by atoms with Crippen LogP contribution in [0.3, 0.4) is 0 Å². The van der Waals surface area contributed by atoms with Crippen LogP contribution < -0.4 is 5.32 Å². The van der Waals surface area contributed by atoms with Gasteiger partial charge < -0.3 is 19.7 Å². The minimum absolute atomic E-state index is 0.0435. The van der Waals surface area contributed by atoms with Gasteiger partial charge in [0.05, 0.1) is 19.6 Å². The van der Waals surface area contributed by atoms with E-state index in [2.05, 4.69) is 39.5 Å². The first-order valence-electron chi connectivity index (χ1n) is 11.5. The molecule has 0 saturated carbocycles. The molecule has 1 saturated heterocycles. The van der Waals surface area contributed by atoms with Gasteiger partial charge in [-0.2, -0.15) is 0 Å². The Kier molecular flexibility index (Phi) is 8.86. The predicted molar refractivity (Wildman–Crippen MR) is 130 cm³/mol. The van der Waals surface area contributed by atoms with Crippen molar-refractivity contribution in [3.63, 3.8) is 0 Å². The summed E-state index contributed by atoms with van der Waals surface area (Å²) in [6.45, 7) is 8.78. The summed E-state index contributed by atoms with van der Waals surface area (Å²) in [5.74, 6) is -0.0359. The highest BCUT2D eigenvalue weighted by Crippen LogP contribution is 2.26. The van der Waals surface area contributed by atoms with E-state index >= 15 is 0 Å². The molecule has 1 atom stereocenters. The molecular weight excluding hydrogens is 438 g/mol. The highest BCUT2D eigenvalue weighted by atomic mass is 32.1. The largest absolute Gasteiger partial charge is 0.469 e. The highest BCUT2D eigenvalue weighted by Gasteiger charge is 2.28. The fourth-order valence-corrected chi connectivity index (χ4v) is 4.73. The Labute approximate surface area is 200 Å². The van der Waals surface area contributed by atoms with Crippen LogP contribution in [0.15, 0.2) is 30.5 Å². The Hall–Kier alpha value is -2.45. The zero-order valence-corrected chi connectivity index (χ0v) is 20.9. The van der Waals surface area contributed by atoms with E-state index in [1.807, 2.05) is 20.8 Å². The van der Waals surface area contributed by atoms with Gasteiger partial charge in [0.15, 0.2) is 0 Å². The number of ether oxygens (including phenoxy) is 2. The van der Waals surface area contributed by atoms with Gasteiger partial charge >= 0.3 is 12.1 Å². The molecule has 33 heavy (non-hydrogen) atoms. The summed E-state index contributed by atoms with van der Waals surface area (Å²) in [5, 5.41) is 3.71. The number of hydrogen-bond donors (Lipinski definition) is 1. The van der Waals surface area contributed by atoms with Gasteiger partial charge in [0, 0.05) is 23.2 Å². The number of hydrogen-bond acceptors (Lipinski definition) is 7. The molecular formula is C25H35N3O4S. The van der Waals surface area contributed by atoms with Crippen molar-refractivity contribution in [1.82, 2.24) is 15.2 Å². The molecule has 1 aromatic heterocycles. The van der Waals surface area contributed by atoms with Crippen LogP contribution in [0, 0.1) is 5.92 Å². The lowest BCUT2D eigenvalue weighted by Gasteiger charge is -2.19. The van der Waals surface area contributed by atoms with Crippen LogP contribution in [0.4, 0.5) is 4.79 Å². The standard InChI is InChI=1S/C25H35N3O4S/c1-25(2,3)32-24(30)27-16-21-15-26-22(33-21)19-10-8-18(9-11-19)7-5-6-13-28-14-12-20(17-28)23(29)31-4/h8-11,15,20H,5-7,12-14,16-17H2,1-4H3,(H,27,30). The Balaban J connectivity index is 1.39. The van der Waals surface area contributed by atoms with Gasteiger partial charge in [-0.25, -0.2) is 9.78 Å². The van der Waals surface area contributed by atoms with Crippen molar-refractivity contribution in [1.29, 1.82) is 0 Å². The van der Waals surface area contributed by atoms with Gasteiger partial charge in [0.1, 0.15) is 10.6 Å². The smallest absolute Gasteiger partial charge is 0.407 e. The van der Waals surface area contributed by atoms with Crippen LogP contribution in [0.1, 0.15) is 50.5 Å². The highest BCUT2D eigenvalue weighted by molar-refractivity contribution is 7.15. The maximum absolute atomic E-state index is 11.8. The maximum Gasteiger partial charge on any atom is 0.407 e. The number of unbranched alkanes of at least 4 members (excludes halogenated alkanes) is 1. The second-order valence-electron chi connectivity index (χ2n) is 9.45. The number of thiazole rings is 1. The van der Waals surface area contributed by atoms with E-state index < -0.39 is 11.7 Å². The molecule has 1 aromatic carbocycles. The summed E-state index contributed by atoms with van der Waals surface area (Å²) < 4.78 is 10.1. The molecule has 0 spiro atoms. The summed E-state index contributed by atoms with van der Waals surface area (Å²) in [6.07, 6.45) is 5.57. The number of nitrogens with one attached hydrogen (secondary N) is 1. The first kappa shape index (κ1) is 25.2. The van der Waals surface area contributed by atoms with Gasteiger partial charge in [-0.3, -0.25) is 4.79 Å². The number of aromatic nitrogens is 1.